The average Bonchev–Trinajstić information content (AvgIpc) is 2.62. The van der Waals surface area contributed by atoms with E-state index >= 15 is 0 Å². The van der Waals surface area contributed by atoms with Gasteiger partial charge in [-0.15, -0.1) is 30.6 Å². The molecule has 0 saturated heterocycles. The number of nitrogens with one attached hydrogen (secondary N) is 2. The second kappa shape index (κ2) is 11.2. The van der Waals surface area contributed by atoms with E-state index in [1.165, 1.54) is 12.1 Å². The summed E-state index contributed by atoms with van der Waals surface area (Å²) in [6.45, 7) is 5.37. The van der Waals surface area contributed by atoms with E-state index in [9.17, 15) is 10.1 Å². The molecule has 0 bridgehead atoms. The van der Waals surface area contributed by atoms with Gasteiger partial charge in [-0.3, -0.25) is 10.1 Å². The molecule has 0 atom stereocenters. The molecular weight excluding hydrogens is 431 g/mol. The molecule has 6 nitrogen and oxygen atoms in total. The smallest absolute Gasteiger partial charge is 0.269 e. The monoisotopic (exact) mass is 452 g/mol. The number of aliphatic imine (C=N–C) groups is 1. The summed E-state index contributed by atoms with van der Waals surface area (Å²) in [5.74, 6) is 0.664. The number of hydrogen-bond acceptors (Lipinski definition) is 3. The number of nitro benzene ring substituents is 1. The number of non-ortho nitro benzene ring substituents is 1. The molecule has 0 aliphatic rings. The molecule has 0 saturated carbocycles. The van der Waals surface area contributed by atoms with E-state index in [0.29, 0.717) is 25.6 Å². The summed E-state index contributed by atoms with van der Waals surface area (Å²) in [5.41, 5.74) is 2.14. The van der Waals surface area contributed by atoms with Crippen molar-refractivity contribution in [3.63, 3.8) is 0 Å². The molecule has 2 aromatic rings. The van der Waals surface area contributed by atoms with Crippen LogP contribution in [0.5, 0.6) is 0 Å². The molecule has 0 aliphatic heterocycles. The predicted octanol–water partition coefficient (Wildman–Crippen LogP) is 3.63. The van der Waals surface area contributed by atoms with Gasteiger partial charge in [0.15, 0.2) is 5.96 Å². The SMILES string of the molecule is C=CCNC(=NCc1ccccc1)NCc1ccc([N+](=O)[O-])cc1.I. The standard InChI is InChI=1S/C18H20N4O2.HI/c1-2-12-19-18(20-13-15-6-4-3-5-7-15)21-14-16-8-10-17(11-9-16)22(23)24;/h2-11H,1,12-14H2,(H2,19,20,21);1H. The van der Waals surface area contributed by atoms with Crippen LogP contribution in [0, 0.1) is 10.1 Å². The fourth-order valence-corrected chi connectivity index (χ4v) is 2.02. The first kappa shape index (κ1) is 20.6. The fourth-order valence-electron chi connectivity index (χ4n) is 2.02. The first-order chi connectivity index (χ1) is 11.7. The number of benzene rings is 2. The van der Waals surface area contributed by atoms with Crippen LogP contribution < -0.4 is 10.6 Å². The van der Waals surface area contributed by atoms with E-state index in [1.807, 2.05) is 30.3 Å². The van der Waals surface area contributed by atoms with Crippen LogP contribution >= 0.6 is 24.0 Å². The van der Waals surface area contributed by atoms with Gasteiger partial charge in [-0.2, -0.15) is 0 Å². The third kappa shape index (κ3) is 7.34. The third-order valence-corrected chi connectivity index (χ3v) is 3.28. The lowest BCUT2D eigenvalue weighted by Gasteiger charge is -2.11. The Labute approximate surface area is 164 Å². The Bertz CT molecular complexity index is 703. The summed E-state index contributed by atoms with van der Waals surface area (Å²) in [7, 11) is 0. The zero-order valence-corrected chi connectivity index (χ0v) is 16.1. The van der Waals surface area contributed by atoms with Gasteiger partial charge in [0.25, 0.3) is 5.69 Å². The minimum absolute atomic E-state index is 0. The molecule has 25 heavy (non-hydrogen) atoms. The number of nitro groups is 1. The zero-order valence-electron chi connectivity index (χ0n) is 13.7. The quantitative estimate of drug-likeness (QED) is 0.168. The molecule has 0 radical (unpaired) electrons. The highest BCUT2D eigenvalue weighted by molar-refractivity contribution is 14.0. The predicted molar refractivity (Wildman–Crippen MR) is 111 cm³/mol. The molecule has 0 aliphatic carbocycles. The minimum Gasteiger partial charge on any atom is -0.353 e. The van der Waals surface area contributed by atoms with E-state index in [1.54, 1.807) is 18.2 Å². The van der Waals surface area contributed by atoms with E-state index in [-0.39, 0.29) is 29.7 Å². The highest BCUT2D eigenvalue weighted by Gasteiger charge is 2.04. The summed E-state index contributed by atoms with van der Waals surface area (Å²) in [6.07, 6.45) is 1.76. The Hall–Kier alpha value is -2.42. The Morgan fingerprint density at radius 2 is 1.76 bits per heavy atom. The van der Waals surface area contributed by atoms with Crippen molar-refractivity contribution in [2.24, 2.45) is 4.99 Å². The number of rotatable bonds is 7. The van der Waals surface area contributed by atoms with E-state index in [4.69, 9.17) is 0 Å². The van der Waals surface area contributed by atoms with Gasteiger partial charge in [0.1, 0.15) is 0 Å². The van der Waals surface area contributed by atoms with Crippen LogP contribution in [-0.2, 0) is 13.1 Å². The van der Waals surface area contributed by atoms with Crippen LogP contribution in [0.1, 0.15) is 11.1 Å². The molecule has 0 aromatic heterocycles. The van der Waals surface area contributed by atoms with Gasteiger partial charge < -0.3 is 10.6 Å². The molecule has 0 heterocycles. The Morgan fingerprint density at radius 1 is 1.08 bits per heavy atom. The Morgan fingerprint density at radius 3 is 2.36 bits per heavy atom. The van der Waals surface area contributed by atoms with E-state index in [0.717, 1.165) is 11.1 Å². The van der Waals surface area contributed by atoms with Crippen LogP contribution in [0.4, 0.5) is 5.69 Å². The van der Waals surface area contributed by atoms with Crippen LogP contribution in [-0.4, -0.2) is 17.4 Å². The van der Waals surface area contributed by atoms with E-state index in [2.05, 4.69) is 22.2 Å². The normalized spacial score (nSPS) is 10.5. The minimum atomic E-state index is -0.407. The van der Waals surface area contributed by atoms with Crippen molar-refractivity contribution >= 4 is 35.6 Å². The van der Waals surface area contributed by atoms with Crippen molar-refractivity contribution in [3.05, 3.63) is 88.5 Å². The number of guanidine groups is 1. The summed E-state index contributed by atoms with van der Waals surface area (Å²) in [4.78, 5) is 14.8. The molecule has 2 N–H and O–H groups in total. The zero-order chi connectivity index (χ0) is 17.2. The van der Waals surface area contributed by atoms with Gasteiger partial charge in [-0.1, -0.05) is 48.5 Å². The van der Waals surface area contributed by atoms with Crippen molar-refractivity contribution in [2.75, 3.05) is 6.54 Å². The topological polar surface area (TPSA) is 79.6 Å². The maximum absolute atomic E-state index is 10.7. The molecule has 2 rings (SSSR count). The van der Waals surface area contributed by atoms with Crippen molar-refractivity contribution in [2.45, 2.75) is 13.1 Å². The second-order valence-corrected chi connectivity index (χ2v) is 5.10. The van der Waals surface area contributed by atoms with Gasteiger partial charge in [0, 0.05) is 25.2 Å². The average molecular weight is 452 g/mol. The molecule has 0 unspecified atom stereocenters. The van der Waals surface area contributed by atoms with Crippen molar-refractivity contribution in [1.82, 2.24) is 10.6 Å². The lowest BCUT2D eigenvalue weighted by molar-refractivity contribution is -0.384. The Balaban J connectivity index is 0.00000312. The van der Waals surface area contributed by atoms with Crippen LogP contribution in [0.15, 0.2) is 72.2 Å². The van der Waals surface area contributed by atoms with Gasteiger partial charge in [0.05, 0.1) is 11.5 Å². The summed E-state index contributed by atoms with van der Waals surface area (Å²) in [6, 6.07) is 16.4. The van der Waals surface area contributed by atoms with E-state index < -0.39 is 4.92 Å². The summed E-state index contributed by atoms with van der Waals surface area (Å²) < 4.78 is 0. The van der Waals surface area contributed by atoms with Crippen molar-refractivity contribution in [1.29, 1.82) is 0 Å². The fraction of sp³-hybridized carbons (Fsp3) is 0.167. The summed E-state index contributed by atoms with van der Waals surface area (Å²) in [5, 5.41) is 17.0. The van der Waals surface area contributed by atoms with Gasteiger partial charge in [-0.25, -0.2) is 4.99 Å². The molecule has 7 heteroatoms. The molecular formula is C18H21IN4O2. The highest BCUT2D eigenvalue weighted by Crippen LogP contribution is 2.11. The van der Waals surface area contributed by atoms with Crippen molar-refractivity contribution < 1.29 is 4.92 Å². The maximum atomic E-state index is 10.7. The maximum Gasteiger partial charge on any atom is 0.269 e. The molecule has 0 amide bonds. The molecule has 0 fully saturated rings. The molecule has 2 aromatic carbocycles. The Kier molecular flexibility index (Phi) is 9.23. The molecule has 0 spiro atoms. The first-order valence-electron chi connectivity index (χ1n) is 7.59. The molecule has 132 valence electrons. The van der Waals surface area contributed by atoms with Crippen LogP contribution in [0.3, 0.4) is 0 Å². The lowest BCUT2D eigenvalue weighted by atomic mass is 10.2. The largest absolute Gasteiger partial charge is 0.353 e. The summed E-state index contributed by atoms with van der Waals surface area (Å²) >= 11 is 0. The third-order valence-electron chi connectivity index (χ3n) is 3.28. The first-order valence-corrected chi connectivity index (χ1v) is 7.59. The van der Waals surface area contributed by atoms with Gasteiger partial charge in [-0.05, 0) is 11.1 Å². The van der Waals surface area contributed by atoms with Gasteiger partial charge >= 0.3 is 0 Å². The number of halogens is 1. The number of nitrogens with zero attached hydrogens (tertiary/aromatic N) is 2. The lowest BCUT2D eigenvalue weighted by Crippen LogP contribution is -2.37. The van der Waals surface area contributed by atoms with Crippen LogP contribution in [0.2, 0.25) is 0 Å². The van der Waals surface area contributed by atoms with Gasteiger partial charge in [0.2, 0.25) is 0 Å². The highest BCUT2D eigenvalue weighted by atomic mass is 127. The number of hydrogen-bond donors (Lipinski definition) is 2. The van der Waals surface area contributed by atoms with Crippen molar-refractivity contribution in [3.8, 4) is 0 Å². The van der Waals surface area contributed by atoms with Crippen LogP contribution in [0.25, 0.3) is 0 Å². The second-order valence-electron chi connectivity index (χ2n) is 5.10.